The Balaban J connectivity index is 0.000000191. The molecule has 0 fully saturated rings. The number of anilines is 1. The summed E-state index contributed by atoms with van der Waals surface area (Å²) in [5, 5.41) is 9.12. The minimum Gasteiger partial charge on any atom is -0.478 e. The maximum Gasteiger partial charge on any atom is 0.337 e. The first kappa shape index (κ1) is 26.9. The zero-order chi connectivity index (χ0) is 23.8. The predicted octanol–water partition coefficient (Wildman–Crippen LogP) is 7.64. The summed E-state index contributed by atoms with van der Waals surface area (Å²) in [6.45, 7) is 0. The quantitative estimate of drug-likeness (QED) is 0.145. The number of rotatable bonds is 1. The van der Waals surface area contributed by atoms with E-state index in [0.717, 1.165) is 36.5 Å². The third-order valence-electron chi connectivity index (χ3n) is 5.11. The van der Waals surface area contributed by atoms with E-state index in [0.29, 0.717) is 22.2 Å². The fourth-order valence-corrected chi connectivity index (χ4v) is 4.23. The molecule has 6 aromatic rings. The Labute approximate surface area is 224 Å². The van der Waals surface area contributed by atoms with Gasteiger partial charge in [0.25, 0.3) is 0 Å². The molecule has 2 aromatic heterocycles. The number of nitrogens with zero attached hydrogens (tertiary/aromatic N) is 4. The van der Waals surface area contributed by atoms with Crippen molar-refractivity contribution in [3.63, 3.8) is 0 Å². The second-order valence-corrected chi connectivity index (χ2v) is 9.24. The van der Waals surface area contributed by atoms with Gasteiger partial charge in [0.05, 0.1) is 44.4 Å². The molecule has 0 aliphatic rings. The number of carboxylic acids is 1. The van der Waals surface area contributed by atoms with Crippen LogP contribution in [0.1, 0.15) is 25.2 Å². The Morgan fingerprint density at radius 2 is 1.14 bits per heavy atom. The van der Waals surface area contributed by atoms with Crippen molar-refractivity contribution in [3.8, 4) is 0 Å². The first-order valence-electron chi connectivity index (χ1n) is 10.1. The van der Waals surface area contributed by atoms with Gasteiger partial charge in [-0.2, -0.15) is 0 Å². The molecule has 182 valence electrons. The van der Waals surface area contributed by atoms with Crippen LogP contribution in [0.4, 0.5) is 5.69 Å². The molecule has 0 aliphatic carbocycles. The van der Waals surface area contributed by atoms with E-state index in [2.05, 4.69) is 51.8 Å². The molecule has 0 aliphatic heterocycles. The summed E-state index contributed by atoms with van der Waals surface area (Å²) in [6, 6.07) is 21.9. The number of aromatic nitrogens is 4. The smallest absolute Gasteiger partial charge is 0.337 e. The largest absolute Gasteiger partial charge is 0.478 e. The molecule has 0 saturated heterocycles. The molecule has 0 radical (unpaired) electrons. The van der Waals surface area contributed by atoms with Crippen LogP contribution in [0.5, 0.6) is 0 Å². The number of benzene rings is 4. The van der Waals surface area contributed by atoms with E-state index in [1.54, 1.807) is 12.1 Å². The third-order valence-corrected chi connectivity index (χ3v) is 6.10. The normalized spacial score (nSPS) is 10.4. The van der Waals surface area contributed by atoms with E-state index in [4.69, 9.17) is 10.8 Å². The number of hydrogen-bond acceptors (Lipinski definition) is 6. The lowest BCUT2D eigenvalue weighted by Gasteiger charge is -2.03. The fraction of sp³-hybridized carbons (Fsp3) is 0.0741. The summed E-state index contributed by atoms with van der Waals surface area (Å²) in [7, 11) is 0. The highest BCUT2D eigenvalue weighted by Gasteiger charge is 2.11. The Kier molecular flexibility index (Phi) is 8.17. The van der Waals surface area contributed by atoms with Crippen molar-refractivity contribution in [2.45, 2.75) is 14.9 Å². The van der Waals surface area contributed by atoms with Crippen molar-refractivity contribution < 1.29 is 9.90 Å². The van der Waals surface area contributed by atoms with Gasteiger partial charge >= 0.3 is 5.97 Å². The zero-order valence-electron chi connectivity index (χ0n) is 17.4. The lowest BCUT2D eigenvalue weighted by molar-refractivity contribution is 0.0699. The number of para-hydroxylation sites is 2. The van der Waals surface area contributed by atoms with Gasteiger partial charge in [-0.05, 0) is 60.7 Å². The predicted molar refractivity (Wildman–Crippen MR) is 154 cm³/mol. The second kappa shape index (κ2) is 10.9. The van der Waals surface area contributed by atoms with Crippen molar-refractivity contribution in [2.75, 3.05) is 5.73 Å². The molecule has 4 aromatic carbocycles. The van der Waals surface area contributed by atoms with Gasteiger partial charge < -0.3 is 10.8 Å². The van der Waals surface area contributed by atoms with Gasteiger partial charge in [0.2, 0.25) is 0 Å². The fourth-order valence-electron chi connectivity index (χ4n) is 3.53. The zero-order valence-corrected chi connectivity index (χ0v) is 20.6. The van der Waals surface area contributed by atoms with Crippen molar-refractivity contribution in [2.24, 2.45) is 0 Å². The van der Waals surface area contributed by atoms with E-state index < -0.39 is 5.97 Å². The maximum atomic E-state index is 11.1. The van der Waals surface area contributed by atoms with E-state index in [9.17, 15) is 4.79 Å². The van der Waals surface area contributed by atoms with Crippen LogP contribution in [0.15, 0.2) is 81.7 Å². The molecule has 0 atom stereocenters. The van der Waals surface area contributed by atoms with Crippen molar-refractivity contribution >= 4 is 87.7 Å². The first-order valence-corrected chi connectivity index (χ1v) is 11.7. The lowest BCUT2D eigenvalue weighted by atomic mass is 10.1. The summed E-state index contributed by atoms with van der Waals surface area (Å²) in [5.74, 6) is -0.994. The van der Waals surface area contributed by atoms with Crippen LogP contribution < -0.4 is 5.73 Å². The highest BCUT2D eigenvalue weighted by Crippen LogP contribution is 2.23. The molecule has 0 amide bonds. The molecule has 9 heteroatoms. The van der Waals surface area contributed by atoms with Crippen molar-refractivity contribution in [3.05, 3.63) is 87.3 Å². The Morgan fingerprint density at radius 3 is 1.69 bits per heavy atom. The molecule has 0 spiro atoms. The number of nitrogens with two attached hydrogens (primary N) is 1. The van der Waals surface area contributed by atoms with Gasteiger partial charge in [0.15, 0.2) is 0 Å². The SMILES string of the molecule is C.C.Nc1cccc2nc3cc(Br)ccc3nc12.O=C(O)c1cccc2nc3cc(Br)ccc3nc12. The average molecular weight is 609 g/mol. The van der Waals surface area contributed by atoms with Crippen LogP contribution >= 0.6 is 31.9 Å². The Hall–Kier alpha value is -3.69. The number of halogens is 2. The van der Waals surface area contributed by atoms with Gasteiger partial charge in [-0.3, -0.25) is 0 Å². The van der Waals surface area contributed by atoms with Crippen molar-refractivity contribution in [1.29, 1.82) is 0 Å². The van der Waals surface area contributed by atoms with Crippen LogP contribution in [0.25, 0.3) is 44.1 Å². The number of carboxylic acid groups (broad SMARTS) is 1. The van der Waals surface area contributed by atoms with Crippen LogP contribution in [-0.2, 0) is 0 Å². The van der Waals surface area contributed by atoms with Crippen LogP contribution in [0, 0.1) is 0 Å². The van der Waals surface area contributed by atoms with E-state index >= 15 is 0 Å². The summed E-state index contributed by atoms with van der Waals surface area (Å²) < 4.78 is 1.91. The number of nitrogen functional groups attached to an aromatic ring is 1. The molecular formula is C27H23Br2N5O2. The van der Waals surface area contributed by atoms with Crippen LogP contribution in [-0.4, -0.2) is 31.0 Å². The molecule has 0 saturated carbocycles. The molecule has 3 N–H and O–H groups in total. The average Bonchev–Trinajstić information content (AvgIpc) is 2.82. The first-order chi connectivity index (χ1) is 16.4. The van der Waals surface area contributed by atoms with Gasteiger partial charge in [0, 0.05) is 8.95 Å². The maximum absolute atomic E-state index is 11.1. The number of fused-ring (bicyclic) bond motifs is 4. The van der Waals surface area contributed by atoms with E-state index in [1.807, 2.05) is 54.6 Å². The molecule has 0 unspecified atom stereocenters. The summed E-state index contributed by atoms with van der Waals surface area (Å²) in [5.41, 5.74) is 12.4. The summed E-state index contributed by atoms with van der Waals surface area (Å²) in [4.78, 5) is 29.0. The minimum absolute atomic E-state index is 0. The highest BCUT2D eigenvalue weighted by atomic mass is 79.9. The Bertz CT molecular complexity index is 1740. The molecule has 7 nitrogen and oxygen atoms in total. The molecule has 2 heterocycles. The molecule has 36 heavy (non-hydrogen) atoms. The highest BCUT2D eigenvalue weighted by molar-refractivity contribution is 9.10. The van der Waals surface area contributed by atoms with Gasteiger partial charge in [-0.25, -0.2) is 24.7 Å². The standard InChI is InChI=1S/C13H7BrN2O2.C12H8BrN3.2CH4/c14-7-4-5-9-11(6-7)15-10-3-1-2-8(13(17)18)12(10)16-9;13-7-4-5-9-11(6-7)15-10-3-1-2-8(14)12(10)16-9;;/h1-6H,(H,17,18);1-6H,14H2;2*1H4. The minimum atomic E-state index is -0.994. The van der Waals surface area contributed by atoms with Gasteiger partial charge in [-0.15, -0.1) is 0 Å². The third kappa shape index (κ3) is 5.27. The van der Waals surface area contributed by atoms with Crippen LogP contribution in [0.3, 0.4) is 0 Å². The second-order valence-electron chi connectivity index (χ2n) is 7.41. The van der Waals surface area contributed by atoms with Gasteiger partial charge in [0.1, 0.15) is 11.0 Å². The number of carbonyl (C=O) groups is 1. The number of aromatic carboxylic acids is 1. The summed E-state index contributed by atoms with van der Waals surface area (Å²) in [6.07, 6.45) is 0. The van der Waals surface area contributed by atoms with Crippen molar-refractivity contribution in [1.82, 2.24) is 19.9 Å². The van der Waals surface area contributed by atoms with Crippen LogP contribution in [0.2, 0.25) is 0 Å². The van der Waals surface area contributed by atoms with Gasteiger partial charge in [-0.1, -0.05) is 58.8 Å². The summed E-state index contributed by atoms with van der Waals surface area (Å²) >= 11 is 6.79. The van der Waals surface area contributed by atoms with E-state index in [-0.39, 0.29) is 20.4 Å². The van der Waals surface area contributed by atoms with E-state index in [1.165, 1.54) is 6.07 Å². The number of hydrogen-bond donors (Lipinski definition) is 2. The monoisotopic (exact) mass is 607 g/mol. The Morgan fingerprint density at radius 1 is 0.639 bits per heavy atom. The molecular weight excluding hydrogens is 586 g/mol. The molecule has 6 rings (SSSR count). The molecule has 0 bridgehead atoms. The lowest BCUT2D eigenvalue weighted by Crippen LogP contribution is -2.00. The topological polar surface area (TPSA) is 115 Å².